The molecule has 1 saturated carbocycles. The van der Waals surface area contributed by atoms with Gasteiger partial charge < -0.3 is 0 Å². The van der Waals surface area contributed by atoms with Crippen molar-refractivity contribution in [1.82, 2.24) is 4.90 Å². The zero-order chi connectivity index (χ0) is 32.2. The molecule has 2 aromatic heterocycles. The van der Waals surface area contributed by atoms with E-state index in [4.69, 9.17) is 0 Å². The molecule has 3 aliphatic rings. The number of imide groups is 1. The molecule has 3 heterocycles. The van der Waals surface area contributed by atoms with E-state index >= 15 is 0 Å². The zero-order valence-electron chi connectivity index (χ0n) is 28.4. The summed E-state index contributed by atoms with van der Waals surface area (Å²) < 4.78 is 5.87. The van der Waals surface area contributed by atoms with Gasteiger partial charge in [0, 0.05) is 26.7 Å². The molecule has 4 aromatic rings. The number of fused-ring (bicyclic) bond motifs is 10. The summed E-state index contributed by atoms with van der Waals surface area (Å²) >= 11 is 3.98. The summed E-state index contributed by atoms with van der Waals surface area (Å²) in [6, 6.07) is 14.5. The van der Waals surface area contributed by atoms with Crippen molar-refractivity contribution >= 4 is 64.1 Å². The van der Waals surface area contributed by atoms with Crippen LogP contribution in [0.2, 0.25) is 0 Å². The third-order valence-corrected chi connectivity index (χ3v) is 13.9. The molecule has 1 saturated heterocycles. The van der Waals surface area contributed by atoms with E-state index in [0.29, 0.717) is 18.4 Å². The Hall–Kier alpha value is -2.50. The Morgan fingerprint density at radius 3 is 1.53 bits per heavy atom. The fraction of sp³-hybridized carbons (Fsp3) is 0.571. The molecule has 0 radical (unpaired) electrons. The van der Waals surface area contributed by atoms with Gasteiger partial charge >= 0.3 is 0 Å². The van der Waals surface area contributed by atoms with Crippen LogP contribution < -0.4 is 0 Å². The zero-order valence-corrected chi connectivity index (χ0v) is 30.1. The lowest BCUT2D eigenvalue weighted by Crippen LogP contribution is -2.33. The summed E-state index contributed by atoms with van der Waals surface area (Å²) in [6.45, 7) is 2.92. The van der Waals surface area contributed by atoms with Crippen molar-refractivity contribution < 1.29 is 9.59 Å². The van der Waals surface area contributed by atoms with Gasteiger partial charge in [-0.2, -0.15) is 0 Å². The van der Waals surface area contributed by atoms with Crippen molar-refractivity contribution in [2.24, 2.45) is 23.7 Å². The fourth-order valence-electron chi connectivity index (χ4n) is 8.79. The number of rotatable bonds is 19. The van der Waals surface area contributed by atoms with Gasteiger partial charge in [0.05, 0.1) is 21.2 Å². The average Bonchev–Trinajstić information content (AvgIpc) is 3.89. The molecule has 0 spiro atoms. The quantitative estimate of drug-likeness (QED) is 0.0567. The Morgan fingerprint density at radius 2 is 1.04 bits per heavy atom. The first-order valence-corrected chi connectivity index (χ1v) is 20.7. The number of hydrogen-bond donors (Lipinski definition) is 0. The van der Waals surface area contributed by atoms with Gasteiger partial charge in [-0.25, -0.2) is 0 Å². The van der Waals surface area contributed by atoms with Crippen LogP contribution in [0, 0.1) is 23.7 Å². The largest absolute Gasteiger partial charge is 0.282 e. The number of likely N-dealkylation sites (tertiary alicyclic amines) is 1. The van der Waals surface area contributed by atoms with Crippen molar-refractivity contribution in [1.29, 1.82) is 0 Å². The smallest absolute Gasteiger partial charge is 0.233 e. The van der Waals surface area contributed by atoms with Crippen LogP contribution in [0.1, 0.15) is 121 Å². The predicted octanol–water partition coefficient (Wildman–Crippen LogP) is 12.0. The normalized spacial score (nSPS) is 21.9. The molecular formula is C42H53NO2S2. The highest BCUT2D eigenvalue weighted by atomic mass is 32.1. The number of allylic oxidation sites excluding steroid dienone is 2. The summed E-state index contributed by atoms with van der Waals surface area (Å²) in [7, 11) is 0. The number of carbonyl (C=O) groups is 2. The van der Waals surface area contributed by atoms with Gasteiger partial charge in [-0.3, -0.25) is 14.5 Å². The van der Waals surface area contributed by atoms with E-state index in [1.165, 1.54) is 137 Å². The number of unbranched alkanes of at least 4 members (excludes halogenated alkanes) is 13. The van der Waals surface area contributed by atoms with Crippen LogP contribution in [0.5, 0.6) is 0 Å². The molecular weight excluding hydrogens is 615 g/mol. The number of nitrogens with zero attached hydrogens (tertiary/aromatic N) is 1. The number of hydrogen-bond acceptors (Lipinski definition) is 4. The lowest BCUT2D eigenvalue weighted by Gasteiger charge is -2.17. The molecule has 0 N–H and O–H groups in total. The Labute approximate surface area is 289 Å². The van der Waals surface area contributed by atoms with Gasteiger partial charge in [0.2, 0.25) is 11.8 Å². The minimum atomic E-state index is -0.0396. The van der Waals surface area contributed by atoms with Crippen LogP contribution in [-0.2, 0) is 22.4 Å². The number of thiophene rings is 2. The average molecular weight is 668 g/mol. The number of aryl methyl sites for hydroxylation is 2. The molecule has 2 aromatic carbocycles. The van der Waals surface area contributed by atoms with Crippen molar-refractivity contribution in [2.45, 2.75) is 122 Å². The second-order valence-electron chi connectivity index (χ2n) is 14.8. The molecule has 47 heavy (non-hydrogen) atoms. The van der Waals surface area contributed by atoms with Crippen LogP contribution in [0.3, 0.4) is 0 Å². The Kier molecular flexibility index (Phi) is 10.8. The molecule has 250 valence electrons. The van der Waals surface area contributed by atoms with E-state index in [2.05, 4.69) is 55.5 Å². The summed E-state index contributed by atoms with van der Waals surface area (Å²) in [5.74, 6) is 0.802. The Bertz CT molecular complexity index is 1700. The molecule has 1 aliphatic heterocycles. The third-order valence-electron chi connectivity index (χ3n) is 11.4. The van der Waals surface area contributed by atoms with Crippen molar-refractivity contribution in [3.05, 3.63) is 59.7 Å². The molecule has 4 atom stereocenters. The molecule has 3 nitrogen and oxygen atoms in total. The fourth-order valence-corrected chi connectivity index (χ4v) is 11.6. The number of carbonyl (C=O) groups excluding carboxylic acids is 2. The standard InChI is InChI=1S/C42H53NO2S2/c1-2-3-4-5-11-14-17-29-19-23-33-35(26-29)46-40-34-24-20-30(27-36(34)47-39(33)40)18-15-12-9-7-6-8-10-13-16-25-43-41(44)37-31-21-22-32(28-31)38(37)42(43)45/h19-24,26-27,31-32,37-38H,2-18,25,28H2,1H3/t31-,32+,37-,38+. The van der Waals surface area contributed by atoms with Gasteiger partial charge in [0.1, 0.15) is 0 Å². The van der Waals surface area contributed by atoms with Gasteiger partial charge in [0.15, 0.2) is 0 Å². The van der Waals surface area contributed by atoms with E-state index in [9.17, 15) is 9.59 Å². The van der Waals surface area contributed by atoms with Crippen LogP contribution in [0.25, 0.3) is 29.6 Å². The van der Waals surface area contributed by atoms with Crippen molar-refractivity contribution in [3.8, 4) is 0 Å². The van der Waals surface area contributed by atoms with Gasteiger partial charge in [0.25, 0.3) is 0 Å². The number of amides is 2. The predicted molar refractivity (Wildman–Crippen MR) is 201 cm³/mol. The second-order valence-corrected chi connectivity index (χ2v) is 16.9. The van der Waals surface area contributed by atoms with E-state index in [-0.39, 0.29) is 23.7 Å². The van der Waals surface area contributed by atoms with Crippen LogP contribution in [0.4, 0.5) is 0 Å². The van der Waals surface area contributed by atoms with Gasteiger partial charge in [-0.15, -0.1) is 22.7 Å². The van der Waals surface area contributed by atoms with Gasteiger partial charge in [-0.1, -0.05) is 120 Å². The lowest BCUT2D eigenvalue weighted by atomic mass is 9.85. The summed E-state index contributed by atoms with van der Waals surface area (Å²) in [5, 5.41) is 2.89. The van der Waals surface area contributed by atoms with Crippen molar-refractivity contribution in [2.75, 3.05) is 6.54 Å². The maximum Gasteiger partial charge on any atom is 0.233 e. The van der Waals surface area contributed by atoms with E-state index in [1.807, 2.05) is 22.7 Å². The first-order valence-electron chi connectivity index (χ1n) is 19.0. The van der Waals surface area contributed by atoms with Crippen LogP contribution >= 0.6 is 22.7 Å². The monoisotopic (exact) mass is 667 g/mol. The molecule has 5 heteroatoms. The lowest BCUT2D eigenvalue weighted by molar-refractivity contribution is -0.140. The minimum Gasteiger partial charge on any atom is -0.282 e. The molecule has 2 aliphatic carbocycles. The van der Waals surface area contributed by atoms with Crippen LogP contribution in [0.15, 0.2) is 48.6 Å². The highest BCUT2D eigenvalue weighted by Gasteiger charge is 2.58. The third kappa shape index (κ3) is 7.13. The van der Waals surface area contributed by atoms with Crippen LogP contribution in [-0.4, -0.2) is 23.3 Å². The second kappa shape index (κ2) is 15.4. The topological polar surface area (TPSA) is 37.4 Å². The van der Waals surface area contributed by atoms with E-state index in [1.54, 1.807) is 4.90 Å². The Morgan fingerprint density at radius 1 is 0.596 bits per heavy atom. The minimum absolute atomic E-state index is 0.0396. The van der Waals surface area contributed by atoms with Gasteiger partial charge in [-0.05, 0) is 73.6 Å². The number of benzene rings is 2. The molecule has 2 fully saturated rings. The highest BCUT2D eigenvalue weighted by Crippen LogP contribution is 2.52. The Balaban J connectivity index is 0.779. The van der Waals surface area contributed by atoms with E-state index in [0.717, 1.165) is 19.3 Å². The SMILES string of the molecule is CCCCCCCCc1ccc2c(c1)sc1c3ccc(CCCCCCCCCCCN4C(=O)[C@@H]5[C@H](C4=O)[C@@H]4C=C[C@H]5C4)cc3sc21. The van der Waals surface area contributed by atoms with E-state index < -0.39 is 0 Å². The summed E-state index contributed by atoms with van der Waals surface area (Å²) in [4.78, 5) is 27.3. The molecule has 0 unspecified atom stereocenters. The molecule has 2 bridgehead atoms. The molecule has 2 amide bonds. The van der Waals surface area contributed by atoms with Crippen molar-refractivity contribution in [3.63, 3.8) is 0 Å². The summed E-state index contributed by atoms with van der Waals surface area (Å²) in [5.41, 5.74) is 2.99. The first-order chi connectivity index (χ1) is 23.1. The maximum atomic E-state index is 12.8. The first kappa shape index (κ1) is 33.0. The molecule has 7 rings (SSSR count). The maximum absolute atomic E-state index is 12.8. The summed E-state index contributed by atoms with van der Waals surface area (Å²) in [6.07, 6.45) is 27.0. The highest BCUT2D eigenvalue weighted by molar-refractivity contribution is 7.36.